The Hall–Kier alpha value is -3.19. The minimum atomic E-state index is -0.0948. The van der Waals surface area contributed by atoms with E-state index < -0.39 is 0 Å². The van der Waals surface area contributed by atoms with E-state index >= 15 is 0 Å². The van der Waals surface area contributed by atoms with Crippen LogP contribution in [0.25, 0.3) is 10.9 Å². The third kappa shape index (κ3) is 5.78. The number of para-hydroxylation sites is 1. The number of fused-ring (bicyclic) bond motifs is 2. The number of carbonyl (C=O) groups is 2. The van der Waals surface area contributed by atoms with Gasteiger partial charge in [0.25, 0.3) is 0 Å². The molecule has 0 saturated carbocycles. The summed E-state index contributed by atoms with van der Waals surface area (Å²) in [6, 6.07) is 12.3. The molecule has 2 amide bonds. The Morgan fingerprint density at radius 1 is 1.03 bits per heavy atom. The summed E-state index contributed by atoms with van der Waals surface area (Å²) in [6.45, 7) is 3.71. The van der Waals surface area contributed by atoms with Gasteiger partial charge in [0.05, 0.1) is 5.92 Å². The molecule has 2 aliphatic heterocycles. The minimum Gasteiger partial charge on any atom is -0.361 e. The van der Waals surface area contributed by atoms with Crippen LogP contribution >= 0.6 is 0 Å². The number of hydrogen-bond donors (Lipinski definition) is 2. The molecule has 0 unspecified atom stereocenters. The third-order valence-electron chi connectivity index (χ3n) is 7.83. The summed E-state index contributed by atoms with van der Waals surface area (Å²) < 4.78 is 0. The SMILES string of the molecule is O=C1NCCCCCCN(Cc2ccncc2)[C@@H]2CN(C(=O)CCc3c[nH]c4ccccc34)CC[C@@H]12. The lowest BCUT2D eigenvalue weighted by Gasteiger charge is -2.43. The van der Waals surface area contributed by atoms with Gasteiger partial charge in [-0.2, -0.15) is 0 Å². The highest BCUT2D eigenvalue weighted by Gasteiger charge is 2.39. The average molecular weight is 488 g/mol. The molecule has 2 saturated heterocycles. The van der Waals surface area contributed by atoms with E-state index in [1.54, 1.807) is 0 Å². The highest BCUT2D eigenvalue weighted by Crippen LogP contribution is 2.27. The number of likely N-dealkylation sites (tertiary alicyclic amines) is 1. The second kappa shape index (κ2) is 11.7. The van der Waals surface area contributed by atoms with Crippen molar-refractivity contribution in [1.82, 2.24) is 25.1 Å². The second-order valence-electron chi connectivity index (χ2n) is 10.2. The van der Waals surface area contributed by atoms with Crippen LogP contribution in [0.5, 0.6) is 0 Å². The summed E-state index contributed by atoms with van der Waals surface area (Å²) in [5.74, 6) is 0.229. The van der Waals surface area contributed by atoms with Crippen LogP contribution in [0.1, 0.15) is 49.7 Å². The maximum Gasteiger partial charge on any atom is 0.224 e. The lowest BCUT2D eigenvalue weighted by molar-refractivity contribution is -0.139. The van der Waals surface area contributed by atoms with Gasteiger partial charge in [-0.3, -0.25) is 19.5 Å². The first kappa shape index (κ1) is 24.5. The molecule has 0 aliphatic carbocycles. The number of piperidine rings is 1. The van der Waals surface area contributed by atoms with Gasteiger partial charge in [0.2, 0.25) is 11.8 Å². The fraction of sp³-hybridized carbons (Fsp3) is 0.483. The first-order chi connectivity index (χ1) is 17.7. The molecule has 2 aliphatic rings. The molecule has 36 heavy (non-hydrogen) atoms. The smallest absolute Gasteiger partial charge is 0.224 e. The van der Waals surface area contributed by atoms with Crippen LogP contribution in [0.3, 0.4) is 0 Å². The summed E-state index contributed by atoms with van der Waals surface area (Å²) in [5, 5.41) is 4.37. The van der Waals surface area contributed by atoms with Gasteiger partial charge in [0, 0.05) is 68.1 Å². The highest BCUT2D eigenvalue weighted by atomic mass is 16.2. The molecule has 7 heteroatoms. The van der Waals surface area contributed by atoms with Gasteiger partial charge in [-0.1, -0.05) is 31.0 Å². The molecule has 5 rings (SSSR count). The molecule has 2 aromatic heterocycles. The minimum absolute atomic E-state index is 0.0158. The molecule has 4 heterocycles. The molecule has 3 aromatic rings. The zero-order chi connectivity index (χ0) is 24.7. The molecule has 2 fully saturated rings. The van der Waals surface area contributed by atoms with E-state index in [2.05, 4.69) is 32.3 Å². The Morgan fingerprint density at radius 2 is 1.86 bits per heavy atom. The van der Waals surface area contributed by atoms with Crippen molar-refractivity contribution >= 4 is 22.7 Å². The topological polar surface area (TPSA) is 81.3 Å². The van der Waals surface area contributed by atoms with Gasteiger partial charge < -0.3 is 15.2 Å². The number of H-pyrrole nitrogens is 1. The van der Waals surface area contributed by atoms with E-state index in [1.807, 2.05) is 47.8 Å². The van der Waals surface area contributed by atoms with Crippen molar-refractivity contribution in [2.75, 3.05) is 26.2 Å². The number of nitrogens with one attached hydrogen (secondary N) is 2. The average Bonchev–Trinajstić information content (AvgIpc) is 3.32. The van der Waals surface area contributed by atoms with Gasteiger partial charge in [0.15, 0.2) is 0 Å². The molecular weight excluding hydrogens is 450 g/mol. The number of pyridine rings is 1. The molecule has 0 radical (unpaired) electrons. The fourth-order valence-corrected chi connectivity index (χ4v) is 5.79. The lowest BCUT2D eigenvalue weighted by Crippen LogP contribution is -2.57. The Kier molecular flexibility index (Phi) is 7.96. The van der Waals surface area contributed by atoms with E-state index in [0.29, 0.717) is 32.4 Å². The molecule has 1 aromatic carbocycles. The standard InChI is InChI=1S/C29H37N5O2/c35-28(10-9-23-19-32-26-8-4-3-7-24(23)26)34-18-13-25-27(21-34)33(20-22-11-15-30-16-12-22)17-6-2-1-5-14-31-29(25)36/h3-4,7-8,11-12,15-16,19,25,27,32H,1-2,5-6,9-10,13-14,17-18,20-21H2,(H,31,36)/t25-,27-/m1/s1. The Morgan fingerprint density at radius 3 is 2.75 bits per heavy atom. The number of aromatic amines is 1. The summed E-state index contributed by atoms with van der Waals surface area (Å²) in [5.41, 5.74) is 3.49. The number of rotatable bonds is 5. The van der Waals surface area contributed by atoms with Crippen LogP contribution in [-0.4, -0.2) is 63.8 Å². The number of amides is 2. The van der Waals surface area contributed by atoms with Crippen LogP contribution in [0.2, 0.25) is 0 Å². The molecule has 190 valence electrons. The first-order valence-corrected chi connectivity index (χ1v) is 13.4. The lowest BCUT2D eigenvalue weighted by atomic mass is 9.88. The highest BCUT2D eigenvalue weighted by molar-refractivity contribution is 5.84. The van der Waals surface area contributed by atoms with E-state index in [0.717, 1.165) is 50.8 Å². The van der Waals surface area contributed by atoms with Crippen molar-refractivity contribution in [2.24, 2.45) is 5.92 Å². The Bertz CT molecular complexity index is 1160. The molecule has 2 atom stereocenters. The van der Waals surface area contributed by atoms with Gasteiger partial charge in [-0.25, -0.2) is 0 Å². The first-order valence-electron chi connectivity index (χ1n) is 13.4. The van der Waals surface area contributed by atoms with Crippen molar-refractivity contribution in [2.45, 2.75) is 57.5 Å². The van der Waals surface area contributed by atoms with Crippen molar-refractivity contribution < 1.29 is 9.59 Å². The Balaban J connectivity index is 1.31. The van der Waals surface area contributed by atoms with Crippen molar-refractivity contribution in [3.05, 3.63) is 66.1 Å². The monoisotopic (exact) mass is 487 g/mol. The number of aromatic nitrogens is 2. The van der Waals surface area contributed by atoms with Crippen molar-refractivity contribution in [1.29, 1.82) is 0 Å². The zero-order valence-electron chi connectivity index (χ0n) is 21.0. The largest absolute Gasteiger partial charge is 0.361 e. The summed E-state index contributed by atoms with van der Waals surface area (Å²) >= 11 is 0. The van der Waals surface area contributed by atoms with Crippen LogP contribution in [0.15, 0.2) is 55.0 Å². The third-order valence-corrected chi connectivity index (χ3v) is 7.83. The Labute approximate surface area is 213 Å². The second-order valence-corrected chi connectivity index (χ2v) is 10.2. The zero-order valence-corrected chi connectivity index (χ0v) is 21.0. The molecule has 0 spiro atoms. The van der Waals surface area contributed by atoms with Gasteiger partial charge in [-0.15, -0.1) is 0 Å². The normalized spacial score (nSPS) is 22.0. The number of hydrogen-bond acceptors (Lipinski definition) is 4. The summed E-state index contributed by atoms with van der Waals surface area (Å²) in [7, 11) is 0. The van der Waals surface area contributed by atoms with Crippen LogP contribution in [0.4, 0.5) is 0 Å². The number of carbonyl (C=O) groups excluding carboxylic acids is 2. The maximum absolute atomic E-state index is 13.4. The summed E-state index contributed by atoms with van der Waals surface area (Å²) in [4.78, 5) is 38.5. The van der Waals surface area contributed by atoms with Crippen LogP contribution in [-0.2, 0) is 22.6 Å². The molecule has 0 bridgehead atoms. The molecule has 2 N–H and O–H groups in total. The molecule has 7 nitrogen and oxygen atoms in total. The van der Waals surface area contributed by atoms with Gasteiger partial charge in [-0.05, 0) is 61.6 Å². The van der Waals surface area contributed by atoms with Crippen molar-refractivity contribution in [3.63, 3.8) is 0 Å². The predicted octanol–water partition coefficient (Wildman–Crippen LogP) is 3.91. The van der Waals surface area contributed by atoms with Crippen LogP contribution in [0, 0.1) is 5.92 Å². The predicted molar refractivity (Wildman–Crippen MR) is 141 cm³/mol. The quantitative estimate of drug-likeness (QED) is 0.572. The van der Waals surface area contributed by atoms with E-state index in [1.165, 1.54) is 16.5 Å². The number of benzene rings is 1. The van der Waals surface area contributed by atoms with Gasteiger partial charge in [0.1, 0.15) is 0 Å². The summed E-state index contributed by atoms with van der Waals surface area (Å²) in [6.07, 6.45) is 12.0. The number of nitrogens with zero attached hydrogens (tertiary/aromatic N) is 3. The number of aryl methyl sites for hydroxylation is 1. The molecular formula is C29H37N5O2. The van der Waals surface area contributed by atoms with E-state index in [9.17, 15) is 9.59 Å². The van der Waals surface area contributed by atoms with Crippen LogP contribution < -0.4 is 5.32 Å². The van der Waals surface area contributed by atoms with Gasteiger partial charge >= 0.3 is 0 Å². The van der Waals surface area contributed by atoms with E-state index in [4.69, 9.17) is 0 Å². The maximum atomic E-state index is 13.4. The van der Waals surface area contributed by atoms with E-state index in [-0.39, 0.29) is 23.8 Å². The fourth-order valence-electron chi connectivity index (χ4n) is 5.79. The van der Waals surface area contributed by atoms with Crippen molar-refractivity contribution in [3.8, 4) is 0 Å².